The van der Waals surface area contributed by atoms with Gasteiger partial charge in [-0.2, -0.15) is 0 Å². The molecule has 2 rings (SSSR count). The Bertz CT molecular complexity index is 689. The Balaban J connectivity index is 2.18. The standard InChI is InChI=1S/C13H11ClFNO2S/c14-11-5-3-6-12(8-11)16-19(17,18)9-10-4-1-2-7-13(10)15/h1-8,16H,9H2. The number of hydrogen-bond donors (Lipinski definition) is 1. The van der Waals surface area contributed by atoms with Crippen molar-refractivity contribution >= 4 is 27.3 Å². The van der Waals surface area contributed by atoms with Crippen molar-refractivity contribution in [3.63, 3.8) is 0 Å². The van der Waals surface area contributed by atoms with E-state index in [4.69, 9.17) is 11.6 Å². The van der Waals surface area contributed by atoms with Crippen molar-refractivity contribution in [1.29, 1.82) is 0 Å². The summed E-state index contributed by atoms with van der Waals surface area (Å²) in [6, 6.07) is 12.1. The third-order valence-electron chi connectivity index (χ3n) is 2.40. The van der Waals surface area contributed by atoms with Crippen LogP contribution in [0, 0.1) is 5.82 Å². The average Bonchev–Trinajstić information content (AvgIpc) is 2.31. The summed E-state index contributed by atoms with van der Waals surface area (Å²) in [4.78, 5) is 0. The van der Waals surface area contributed by atoms with Crippen molar-refractivity contribution < 1.29 is 12.8 Å². The SMILES string of the molecule is O=S(=O)(Cc1ccccc1F)Nc1cccc(Cl)c1. The first-order valence-electron chi connectivity index (χ1n) is 5.46. The van der Waals surface area contributed by atoms with Crippen molar-refractivity contribution in [1.82, 2.24) is 0 Å². The molecule has 0 amide bonds. The summed E-state index contributed by atoms with van der Waals surface area (Å²) in [7, 11) is -3.68. The molecule has 1 N–H and O–H groups in total. The Morgan fingerprint density at radius 3 is 2.53 bits per heavy atom. The van der Waals surface area contributed by atoms with E-state index >= 15 is 0 Å². The van der Waals surface area contributed by atoms with Gasteiger partial charge in [-0.3, -0.25) is 4.72 Å². The van der Waals surface area contributed by atoms with Gasteiger partial charge < -0.3 is 0 Å². The van der Waals surface area contributed by atoms with Crippen LogP contribution in [-0.2, 0) is 15.8 Å². The second kappa shape index (κ2) is 5.59. The summed E-state index contributed by atoms with van der Waals surface area (Å²) in [6.07, 6.45) is 0. The number of rotatable bonds is 4. The summed E-state index contributed by atoms with van der Waals surface area (Å²) in [5.41, 5.74) is 0.473. The van der Waals surface area contributed by atoms with Gasteiger partial charge in [0.1, 0.15) is 5.82 Å². The maximum absolute atomic E-state index is 13.4. The van der Waals surface area contributed by atoms with Gasteiger partial charge in [0.25, 0.3) is 0 Å². The quantitative estimate of drug-likeness (QED) is 0.940. The van der Waals surface area contributed by atoms with Crippen LogP contribution in [-0.4, -0.2) is 8.42 Å². The zero-order valence-corrected chi connectivity index (χ0v) is 11.4. The number of anilines is 1. The largest absolute Gasteiger partial charge is 0.283 e. The van der Waals surface area contributed by atoms with Crippen LogP contribution in [0.4, 0.5) is 10.1 Å². The van der Waals surface area contributed by atoms with Crippen LogP contribution < -0.4 is 4.72 Å². The summed E-state index contributed by atoms with van der Waals surface area (Å²) in [5, 5.41) is 0.422. The molecule has 0 aliphatic rings. The van der Waals surface area contributed by atoms with Crippen LogP contribution in [0.3, 0.4) is 0 Å². The van der Waals surface area contributed by atoms with Crippen molar-refractivity contribution in [3.8, 4) is 0 Å². The lowest BCUT2D eigenvalue weighted by molar-refractivity contribution is 0.591. The molecule has 0 saturated heterocycles. The summed E-state index contributed by atoms with van der Waals surface area (Å²) < 4.78 is 39.6. The first-order chi connectivity index (χ1) is 8.96. The van der Waals surface area contributed by atoms with E-state index in [9.17, 15) is 12.8 Å². The molecule has 6 heteroatoms. The summed E-state index contributed by atoms with van der Waals surface area (Å²) in [6.45, 7) is 0. The number of sulfonamides is 1. The molecular weight excluding hydrogens is 289 g/mol. The van der Waals surface area contributed by atoms with E-state index in [0.717, 1.165) is 0 Å². The highest BCUT2D eigenvalue weighted by Crippen LogP contribution is 2.18. The first kappa shape index (κ1) is 13.8. The van der Waals surface area contributed by atoms with E-state index in [-0.39, 0.29) is 5.56 Å². The highest BCUT2D eigenvalue weighted by atomic mass is 35.5. The van der Waals surface area contributed by atoms with E-state index in [1.54, 1.807) is 24.3 Å². The Kier molecular flexibility index (Phi) is 4.07. The Morgan fingerprint density at radius 1 is 1.11 bits per heavy atom. The fourth-order valence-corrected chi connectivity index (χ4v) is 2.98. The van der Waals surface area contributed by atoms with Crippen LogP contribution in [0.25, 0.3) is 0 Å². The van der Waals surface area contributed by atoms with Crippen LogP contribution in [0.1, 0.15) is 5.56 Å². The Hall–Kier alpha value is -1.59. The number of nitrogens with one attached hydrogen (secondary N) is 1. The second-order valence-corrected chi connectivity index (χ2v) is 6.12. The van der Waals surface area contributed by atoms with Gasteiger partial charge in [-0.15, -0.1) is 0 Å². The van der Waals surface area contributed by atoms with Crippen molar-refractivity contribution in [2.45, 2.75) is 5.75 Å². The monoisotopic (exact) mass is 299 g/mol. The van der Waals surface area contributed by atoms with Crippen molar-refractivity contribution in [2.24, 2.45) is 0 Å². The zero-order valence-electron chi connectivity index (χ0n) is 9.81. The van der Waals surface area contributed by atoms with Gasteiger partial charge in [0, 0.05) is 16.3 Å². The molecule has 0 bridgehead atoms. The van der Waals surface area contributed by atoms with Gasteiger partial charge in [-0.1, -0.05) is 35.9 Å². The molecule has 0 heterocycles. The minimum atomic E-state index is -3.68. The van der Waals surface area contributed by atoms with Gasteiger partial charge in [0.2, 0.25) is 10.0 Å². The molecule has 0 aliphatic carbocycles. The Labute approximate surface area is 116 Å². The maximum atomic E-state index is 13.4. The smallest absolute Gasteiger partial charge is 0.237 e. The summed E-state index contributed by atoms with van der Waals surface area (Å²) in [5.74, 6) is -0.967. The third-order valence-corrected chi connectivity index (χ3v) is 3.87. The van der Waals surface area contributed by atoms with Crippen LogP contribution in [0.5, 0.6) is 0 Å². The fourth-order valence-electron chi connectivity index (χ4n) is 1.59. The molecule has 0 saturated carbocycles. The lowest BCUT2D eigenvalue weighted by Gasteiger charge is -2.08. The van der Waals surface area contributed by atoms with E-state index in [1.165, 1.54) is 24.3 Å². The zero-order chi connectivity index (χ0) is 13.9. The highest BCUT2D eigenvalue weighted by Gasteiger charge is 2.14. The fraction of sp³-hybridized carbons (Fsp3) is 0.0769. The molecule has 2 aromatic carbocycles. The minimum Gasteiger partial charge on any atom is -0.283 e. The maximum Gasteiger partial charge on any atom is 0.237 e. The second-order valence-electron chi connectivity index (χ2n) is 3.96. The van der Waals surface area contributed by atoms with Gasteiger partial charge in [-0.25, -0.2) is 12.8 Å². The molecule has 0 atom stereocenters. The molecular formula is C13H11ClFNO2S. The van der Waals surface area contributed by atoms with Gasteiger partial charge >= 0.3 is 0 Å². The van der Waals surface area contributed by atoms with E-state index in [1.807, 2.05) is 0 Å². The van der Waals surface area contributed by atoms with Crippen LogP contribution in [0.2, 0.25) is 5.02 Å². The van der Waals surface area contributed by atoms with E-state index < -0.39 is 21.6 Å². The molecule has 19 heavy (non-hydrogen) atoms. The van der Waals surface area contributed by atoms with E-state index in [0.29, 0.717) is 10.7 Å². The van der Waals surface area contributed by atoms with Gasteiger partial charge in [0.15, 0.2) is 0 Å². The Morgan fingerprint density at radius 2 is 1.84 bits per heavy atom. The predicted molar refractivity (Wildman–Crippen MR) is 74.1 cm³/mol. The van der Waals surface area contributed by atoms with Crippen LogP contribution in [0.15, 0.2) is 48.5 Å². The summed E-state index contributed by atoms with van der Waals surface area (Å²) >= 11 is 5.76. The minimum absolute atomic E-state index is 0.122. The van der Waals surface area contributed by atoms with Crippen molar-refractivity contribution in [3.05, 3.63) is 64.9 Å². The highest BCUT2D eigenvalue weighted by molar-refractivity contribution is 7.91. The van der Waals surface area contributed by atoms with E-state index in [2.05, 4.69) is 4.72 Å². The predicted octanol–water partition coefficient (Wildman–Crippen LogP) is 3.42. The molecule has 0 aromatic heterocycles. The number of halogens is 2. The number of hydrogen-bond acceptors (Lipinski definition) is 2. The molecule has 3 nitrogen and oxygen atoms in total. The molecule has 0 unspecified atom stereocenters. The molecule has 0 radical (unpaired) electrons. The lowest BCUT2D eigenvalue weighted by atomic mass is 10.2. The van der Waals surface area contributed by atoms with Gasteiger partial charge in [0.05, 0.1) is 5.75 Å². The molecule has 100 valence electrons. The molecule has 0 fully saturated rings. The molecule has 0 spiro atoms. The first-order valence-corrected chi connectivity index (χ1v) is 7.49. The normalized spacial score (nSPS) is 11.3. The number of benzene rings is 2. The average molecular weight is 300 g/mol. The van der Waals surface area contributed by atoms with Crippen LogP contribution >= 0.6 is 11.6 Å². The molecule has 0 aliphatic heterocycles. The topological polar surface area (TPSA) is 46.2 Å². The van der Waals surface area contributed by atoms with Gasteiger partial charge in [-0.05, 0) is 24.3 Å². The van der Waals surface area contributed by atoms with Crippen molar-refractivity contribution in [2.75, 3.05) is 4.72 Å². The molecule has 2 aromatic rings. The third kappa shape index (κ3) is 3.94. The lowest BCUT2D eigenvalue weighted by Crippen LogP contribution is -2.15.